The topological polar surface area (TPSA) is 91.4 Å². The lowest BCUT2D eigenvalue weighted by atomic mass is 10.3. The number of aromatic nitrogens is 2. The minimum atomic E-state index is 0.443. The lowest BCUT2D eigenvalue weighted by molar-refractivity contribution is -0.672. The summed E-state index contributed by atoms with van der Waals surface area (Å²) in [5.41, 5.74) is 1.34. The molecule has 25 heavy (non-hydrogen) atoms. The summed E-state index contributed by atoms with van der Waals surface area (Å²) in [6, 6.07) is 7.33. The summed E-state index contributed by atoms with van der Waals surface area (Å²) in [7, 11) is 3.68. The average Bonchev–Trinajstić information content (AvgIpc) is 2.60. The van der Waals surface area contributed by atoms with Gasteiger partial charge in [-0.25, -0.2) is 0 Å². The molecule has 0 aliphatic heterocycles. The molecule has 8 nitrogen and oxygen atoms in total. The number of pyridine rings is 2. The summed E-state index contributed by atoms with van der Waals surface area (Å²) in [5, 5.41) is 23.6. The molecule has 2 aromatic heterocycles. The Morgan fingerprint density at radius 3 is 1.72 bits per heavy atom. The third-order valence-corrected chi connectivity index (χ3v) is 3.54. The largest absolute Gasteiger partial charge is 0.487 e. The van der Waals surface area contributed by atoms with Crippen LogP contribution in [-0.2, 0) is 14.1 Å². The van der Waals surface area contributed by atoms with Gasteiger partial charge in [-0.05, 0) is 12.1 Å². The second-order valence-corrected chi connectivity index (χ2v) is 5.28. The molecule has 0 aromatic carbocycles. The van der Waals surface area contributed by atoms with Gasteiger partial charge in [0.25, 0.3) is 11.4 Å². The third-order valence-electron chi connectivity index (χ3n) is 3.54. The van der Waals surface area contributed by atoms with Crippen molar-refractivity contribution in [2.75, 3.05) is 13.2 Å². The molecule has 0 aliphatic carbocycles. The van der Waals surface area contributed by atoms with Gasteiger partial charge in [0.15, 0.2) is 23.9 Å². The minimum Gasteiger partial charge on any atom is -0.487 e. The zero-order valence-electron chi connectivity index (χ0n) is 14.2. The summed E-state index contributed by atoms with van der Waals surface area (Å²) in [5.74, 6) is 1.25. The van der Waals surface area contributed by atoms with Gasteiger partial charge in [0.1, 0.15) is 26.5 Å². The van der Waals surface area contributed by atoms with E-state index in [9.17, 15) is 0 Å². The van der Waals surface area contributed by atoms with Crippen LogP contribution in [0.3, 0.4) is 0 Å². The maximum atomic E-state index is 8.75. The van der Waals surface area contributed by atoms with Gasteiger partial charge in [-0.1, -0.05) is 10.3 Å². The fourth-order valence-electron chi connectivity index (χ4n) is 2.28. The van der Waals surface area contributed by atoms with Gasteiger partial charge in [0.2, 0.25) is 0 Å². The number of oxime groups is 2. The normalized spacial score (nSPS) is 11.3. The number of rotatable bonds is 8. The van der Waals surface area contributed by atoms with Crippen molar-refractivity contribution in [3.05, 3.63) is 48.0 Å². The van der Waals surface area contributed by atoms with Crippen LogP contribution >= 0.6 is 0 Å². The van der Waals surface area contributed by atoms with Crippen molar-refractivity contribution in [3.63, 3.8) is 0 Å². The van der Waals surface area contributed by atoms with Gasteiger partial charge >= 0.3 is 0 Å². The lowest BCUT2D eigenvalue weighted by Crippen LogP contribution is -2.33. The van der Waals surface area contributed by atoms with Gasteiger partial charge < -0.3 is 19.9 Å². The quantitative estimate of drug-likeness (QED) is 0.243. The molecule has 0 saturated heterocycles. The van der Waals surface area contributed by atoms with Crippen molar-refractivity contribution in [1.29, 1.82) is 0 Å². The minimum absolute atomic E-state index is 0.443. The second-order valence-electron chi connectivity index (χ2n) is 5.28. The molecule has 0 unspecified atom stereocenters. The van der Waals surface area contributed by atoms with E-state index in [1.165, 1.54) is 12.4 Å². The second kappa shape index (κ2) is 9.21. The zero-order valence-corrected chi connectivity index (χ0v) is 14.2. The highest BCUT2D eigenvalue weighted by Crippen LogP contribution is 2.14. The van der Waals surface area contributed by atoms with Crippen molar-refractivity contribution in [3.8, 4) is 11.5 Å². The Kier molecular flexibility index (Phi) is 6.70. The van der Waals surface area contributed by atoms with Crippen LogP contribution in [0.5, 0.6) is 11.5 Å². The molecule has 0 spiro atoms. The predicted molar refractivity (Wildman–Crippen MR) is 89.6 cm³/mol. The van der Waals surface area contributed by atoms with E-state index in [-0.39, 0.29) is 0 Å². The molecule has 132 valence electrons. The van der Waals surface area contributed by atoms with Crippen LogP contribution < -0.4 is 18.6 Å². The molecule has 0 radical (unpaired) electrons. The van der Waals surface area contributed by atoms with E-state index in [2.05, 4.69) is 10.3 Å². The number of hydrogen-bond donors (Lipinski definition) is 2. The molecule has 0 aliphatic rings. The standard InChI is InChI=1S/C17H20N4O4/c1-20-8-3-6-16(14(20)12-18-22)24-10-5-11-25-17-7-4-9-21(2)15(17)13-19-23/h3-4,6-9,12-13H,5,10-11H2,1-2H3/p+2. The third kappa shape index (κ3) is 4.90. The summed E-state index contributed by atoms with van der Waals surface area (Å²) in [4.78, 5) is 0. The van der Waals surface area contributed by atoms with Crippen LogP contribution in [0.1, 0.15) is 17.8 Å². The molecular formula is C17H22N4O4+2. The van der Waals surface area contributed by atoms with Crippen LogP contribution in [0.15, 0.2) is 47.0 Å². The van der Waals surface area contributed by atoms with E-state index in [0.717, 1.165) is 0 Å². The Balaban J connectivity index is 1.89. The molecule has 2 aromatic rings. The SMILES string of the molecule is C[n+]1cccc(OCCCOc2ccc[n+](C)c2C=NO)c1C=NO. The Morgan fingerprint density at radius 1 is 0.880 bits per heavy atom. The van der Waals surface area contributed by atoms with Gasteiger partial charge in [0, 0.05) is 18.6 Å². The molecule has 0 atom stereocenters. The number of aryl methyl sites for hydroxylation is 2. The Hall–Kier alpha value is -3.16. The van der Waals surface area contributed by atoms with Crippen LogP contribution in [0.4, 0.5) is 0 Å². The Bertz CT molecular complexity index is 699. The van der Waals surface area contributed by atoms with Crippen molar-refractivity contribution >= 4 is 12.4 Å². The number of ether oxygens (including phenoxy) is 2. The van der Waals surface area contributed by atoms with E-state index in [1.807, 2.05) is 50.8 Å². The molecule has 0 bridgehead atoms. The fraction of sp³-hybridized carbons (Fsp3) is 0.294. The zero-order chi connectivity index (χ0) is 18.1. The van der Waals surface area contributed by atoms with E-state index in [4.69, 9.17) is 19.9 Å². The van der Waals surface area contributed by atoms with Crippen molar-refractivity contribution in [2.24, 2.45) is 24.4 Å². The van der Waals surface area contributed by atoms with E-state index >= 15 is 0 Å². The number of hydrogen-bond acceptors (Lipinski definition) is 6. The maximum Gasteiger partial charge on any atom is 0.269 e. The molecule has 0 amide bonds. The van der Waals surface area contributed by atoms with Crippen LogP contribution in [-0.4, -0.2) is 36.1 Å². The van der Waals surface area contributed by atoms with Gasteiger partial charge in [-0.15, -0.1) is 0 Å². The highest BCUT2D eigenvalue weighted by Gasteiger charge is 2.14. The van der Waals surface area contributed by atoms with Crippen LogP contribution in [0, 0.1) is 0 Å². The average molecular weight is 346 g/mol. The highest BCUT2D eigenvalue weighted by atomic mass is 16.5. The summed E-state index contributed by atoms with van der Waals surface area (Å²) in [6.45, 7) is 0.886. The summed E-state index contributed by atoms with van der Waals surface area (Å²) in [6.07, 6.45) is 6.99. The molecule has 2 heterocycles. The number of nitrogens with zero attached hydrogens (tertiary/aromatic N) is 4. The molecular weight excluding hydrogens is 324 g/mol. The first-order valence-corrected chi connectivity index (χ1v) is 7.75. The van der Waals surface area contributed by atoms with Gasteiger partial charge in [-0.3, -0.25) is 0 Å². The first-order chi connectivity index (χ1) is 12.2. The molecule has 2 N–H and O–H groups in total. The smallest absolute Gasteiger partial charge is 0.269 e. The van der Waals surface area contributed by atoms with E-state index in [1.54, 1.807) is 9.13 Å². The van der Waals surface area contributed by atoms with Gasteiger partial charge in [0.05, 0.1) is 13.2 Å². The highest BCUT2D eigenvalue weighted by molar-refractivity contribution is 5.78. The first kappa shape index (κ1) is 18.2. The molecule has 0 fully saturated rings. The van der Waals surface area contributed by atoms with E-state index in [0.29, 0.717) is 42.5 Å². The Labute approximate surface area is 145 Å². The summed E-state index contributed by atoms with van der Waals surface area (Å²) >= 11 is 0. The monoisotopic (exact) mass is 346 g/mol. The Morgan fingerprint density at radius 2 is 1.32 bits per heavy atom. The molecule has 0 saturated carbocycles. The molecule has 2 rings (SSSR count). The van der Waals surface area contributed by atoms with Crippen molar-refractivity contribution < 1.29 is 29.0 Å². The summed E-state index contributed by atoms with van der Waals surface area (Å²) < 4.78 is 15.1. The van der Waals surface area contributed by atoms with Crippen molar-refractivity contribution in [1.82, 2.24) is 0 Å². The van der Waals surface area contributed by atoms with Crippen molar-refractivity contribution in [2.45, 2.75) is 6.42 Å². The lowest BCUT2D eigenvalue weighted by Gasteiger charge is -2.09. The van der Waals surface area contributed by atoms with Gasteiger partial charge in [-0.2, -0.15) is 9.13 Å². The van der Waals surface area contributed by atoms with E-state index < -0.39 is 0 Å². The predicted octanol–water partition coefficient (Wildman–Crippen LogP) is 0.800. The van der Waals surface area contributed by atoms with Crippen LogP contribution in [0.25, 0.3) is 0 Å². The first-order valence-electron chi connectivity index (χ1n) is 7.75. The molecule has 8 heteroatoms. The van der Waals surface area contributed by atoms with Crippen LogP contribution in [0.2, 0.25) is 0 Å². The fourth-order valence-corrected chi connectivity index (χ4v) is 2.28. The maximum absolute atomic E-state index is 8.75.